The van der Waals surface area contributed by atoms with Gasteiger partial charge in [-0.2, -0.15) is 5.26 Å². The highest BCUT2D eigenvalue weighted by atomic mass is 16.2. The van der Waals surface area contributed by atoms with Crippen LogP contribution in [-0.4, -0.2) is 17.9 Å². The molecule has 0 aliphatic heterocycles. The van der Waals surface area contributed by atoms with Crippen molar-refractivity contribution in [2.24, 2.45) is 0 Å². The fourth-order valence-electron chi connectivity index (χ4n) is 2.68. The van der Waals surface area contributed by atoms with Crippen molar-refractivity contribution in [1.82, 2.24) is 4.98 Å². The van der Waals surface area contributed by atoms with Crippen LogP contribution in [0.1, 0.15) is 21.5 Å². The minimum Gasteiger partial charge on any atom is -0.310 e. The Morgan fingerprint density at radius 3 is 2.78 bits per heavy atom. The number of aromatic nitrogens is 1. The van der Waals surface area contributed by atoms with E-state index in [2.05, 4.69) is 11.1 Å². The van der Waals surface area contributed by atoms with Gasteiger partial charge in [0.15, 0.2) is 0 Å². The summed E-state index contributed by atoms with van der Waals surface area (Å²) in [5.74, 6) is -0.158. The number of nitrogens with zero attached hydrogens (tertiary/aromatic N) is 3. The average molecular weight is 301 g/mol. The van der Waals surface area contributed by atoms with Crippen LogP contribution >= 0.6 is 0 Å². The number of rotatable bonds is 2. The zero-order valence-electron chi connectivity index (χ0n) is 12.9. The quantitative estimate of drug-likeness (QED) is 0.725. The van der Waals surface area contributed by atoms with Gasteiger partial charge in [0.05, 0.1) is 11.3 Å². The topological polar surface area (TPSA) is 57.0 Å². The maximum atomic E-state index is 13.0. The minimum atomic E-state index is -0.158. The summed E-state index contributed by atoms with van der Waals surface area (Å²) >= 11 is 0. The smallest absolute Gasteiger partial charge is 0.258 e. The van der Waals surface area contributed by atoms with Gasteiger partial charge in [0.25, 0.3) is 5.91 Å². The zero-order valence-corrected chi connectivity index (χ0v) is 12.9. The number of amides is 1. The van der Waals surface area contributed by atoms with Crippen LogP contribution in [-0.2, 0) is 0 Å². The van der Waals surface area contributed by atoms with E-state index in [-0.39, 0.29) is 5.91 Å². The number of pyridine rings is 1. The molecule has 112 valence electrons. The number of anilines is 1. The predicted molar refractivity (Wildman–Crippen MR) is 90.4 cm³/mol. The fourth-order valence-corrected chi connectivity index (χ4v) is 2.68. The summed E-state index contributed by atoms with van der Waals surface area (Å²) in [6.07, 6.45) is 3.41. The SMILES string of the molecule is Cc1cc(C(=O)N(C)c2ccccc2C#N)c2cnccc2c1. The monoisotopic (exact) mass is 301 g/mol. The molecule has 1 heterocycles. The predicted octanol–water partition coefficient (Wildman–Crippen LogP) is 3.69. The van der Waals surface area contributed by atoms with E-state index < -0.39 is 0 Å². The highest BCUT2D eigenvalue weighted by Crippen LogP contribution is 2.25. The number of fused-ring (bicyclic) bond motifs is 1. The van der Waals surface area contributed by atoms with Crippen LogP contribution in [0.5, 0.6) is 0 Å². The van der Waals surface area contributed by atoms with Gasteiger partial charge in [0, 0.05) is 30.4 Å². The van der Waals surface area contributed by atoms with Crippen molar-refractivity contribution >= 4 is 22.4 Å². The first-order valence-corrected chi connectivity index (χ1v) is 7.23. The number of nitriles is 1. The number of hydrogen-bond donors (Lipinski definition) is 0. The average Bonchev–Trinajstić information content (AvgIpc) is 2.59. The summed E-state index contributed by atoms with van der Waals surface area (Å²) in [6.45, 7) is 1.96. The highest BCUT2D eigenvalue weighted by Gasteiger charge is 2.19. The Morgan fingerprint density at radius 2 is 2.00 bits per heavy atom. The first-order chi connectivity index (χ1) is 11.1. The van der Waals surface area contributed by atoms with Gasteiger partial charge in [-0.1, -0.05) is 18.2 Å². The van der Waals surface area contributed by atoms with Crippen molar-refractivity contribution < 1.29 is 4.79 Å². The Morgan fingerprint density at radius 1 is 1.22 bits per heavy atom. The molecule has 0 saturated heterocycles. The second kappa shape index (κ2) is 5.90. The molecule has 0 N–H and O–H groups in total. The van der Waals surface area contributed by atoms with Gasteiger partial charge >= 0.3 is 0 Å². The van der Waals surface area contributed by atoms with Crippen molar-refractivity contribution in [2.75, 3.05) is 11.9 Å². The van der Waals surface area contributed by atoms with Crippen molar-refractivity contribution in [3.05, 3.63) is 71.5 Å². The first-order valence-electron chi connectivity index (χ1n) is 7.23. The second-order valence-electron chi connectivity index (χ2n) is 5.40. The molecular weight excluding hydrogens is 286 g/mol. The number of para-hydroxylation sites is 1. The first kappa shape index (κ1) is 14.7. The van der Waals surface area contributed by atoms with Gasteiger partial charge in [-0.15, -0.1) is 0 Å². The molecule has 0 bridgehead atoms. The third-order valence-electron chi connectivity index (χ3n) is 3.82. The zero-order chi connectivity index (χ0) is 16.4. The molecule has 1 amide bonds. The lowest BCUT2D eigenvalue weighted by Crippen LogP contribution is -2.27. The Bertz CT molecular complexity index is 941. The number of carbonyl (C=O) groups excluding carboxylic acids is 1. The lowest BCUT2D eigenvalue weighted by Gasteiger charge is -2.19. The van der Waals surface area contributed by atoms with Gasteiger partial charge < -0.3 is 4.90 Å². The summed E-state index contributed by atoms with van der Waals surface area (Å²) in [4.78, 5) is 18.6. The third-order valence-corrected chi connectivity index (χ3v) is 3.82. The largest absolute Gasteiger partial charge is 0.310 e. The van der Waals surface area contributed by atoms with Gasteiger partial charge in [0.2, 0.25) is 0 Å². The van der Waals surface area contributed by atoms with E-state index in [0.717, 1.165) is 16.3 Å². The molecule has 0 radical (unpaired) electrons. The molecule has 4 nitrogen and oxygen atoms in total. The fraction of sp³-hybridized carbons (Fsp3) is 0.105. The van der Waals surface area contributed by atoms with E-state index in [9.17, 15) is 10.1 Å². The van der Waals surface area contributed by atoms with Crippen LogP contribution in [0.3, 0.4) is 0 Å². The Hall–Kier alpha value is -3.19. The van der Waals surface area contributed by atoms with Crippen LogP contribution in [0.25, 0.3) is 10.8 Å². The van der Waals surface area contributed by atoms with Gasteiger partial charge in [0.1, 0.15) is 6.07 Å². The molecule has 0 aliphatic rings. The molecule has 3 rings (SSSR count). The molecule has 23 heavy (non-hydrogen) atoms. The molecule has 0 atom stereocenters. The molecule has 0 spiro atoms. The number of benzene rings is 2. The molecule has 1 aromatic heterocycles. The van der Waals surface area contributed by atoms with Crippen molar-refractivity contribution in [3.63, 3.8) is 0 Å². The van der Waals surface area contributed by atoms with Crippen LogP contribution in [0.15, 0.2) is 54.9 Å². The molecule has 0 aliphatic carbocycles. The Labute approximate surface area is 134 Å². The highest BCUT2D eigenvalue weighted by molar-refractivity contribution is 6.14. The van der Waals surface area contributed by atoms with E-state index >= 15 is 0 Å². The lowest BCUT2D eigenvalue weighted by atomic mass is 10.0. The van der Waals surface area contributed by atoms with Gasteiger partial charge in [-0.3, -0.25) is 9.78 Å². The standard InChI is InChI=1S/C19H15N3O/c1-13-9-14-7-8-21-12-17(14)16(10-13)19(23)22(2)18-6-4-3-5-15(18)11-20/h3-10,12H,1-2H3. The van der Waals surface area contributed by atoms with Crippen molar-refractivity contribution in [2.45, 2.75) is 6.92 Å². The molecule has 3 aromatic rings. The normalized spacial score (nSPS) is 10.3. The van der Waals surface area contributed by atoms with Gasteiger partial charge in [-0.25, -0.2) is 0 Å². The van der Waals surface area contributed by atoms with Crippen LogP contribution < -0.4 is 4.90 Å². The summed E-state index contributed by atoms with van der Waals surface area (Å²) in [5, 5.41) is 11.0. The maximum Gasteiger partial charge on any atom is 0.258 e. The molecular formula is C19H15N3O. The number of aryl methyl sites for hydroxylation is 1. The molecule has 2 aromatic carbocycles. The van der Waals surface area contributed by atoms with Crippen LogP contribution in [0.4, 0.5) is 5.69 Å². The van der Waals surface area contributed by atoms with E-state index in [0.29, 0.717) is 16.8 Å². The van der Waals surface area contributed by atoms with Crippen LogP contribution in [0.2, 0.25) is 0 Å². The number of carbonyl (C=O) groups is 1. The lowest BCUT2D eigenvalue weighted by molar-refractivity contribution is 0.0994. The van der Waals surface area contributed by atoms with Gasteiger partial charge in [-0.05, 0) is 42.1 Å². The maximum absolute atomic E-state index is 13.0. The van der Waals surface area contributed by atoms with Crippen molar-refractivity contribution in [1.29, 1.82) is 5.26 Å². The summed E-state index contributed by atoms with van der Waals surface area (Å²) in [6, 6.07) is 15.0. The molecule has 0 fully saturated rings. The van der Waals surface area contributed by atoms with Crippen molar-refractivity contribution in [3.8, 4) is 6.07 Å². The third kappa shape index (κ3) is 2.65. The second-order valence-corrected chi connectivity index (χ2v) is 5.40. The summed E-state index contributed by atoms with van der Waals surface area (Å²) in [7, 11) is 1.68. The van der Waals surface area contributed by atoms with E-state index in [4.69, 9.17) is 0 Å². The number of hydrogen-bond acceptors (Lipinski definition) is 3. The van der Waals surface area contributed by atoms with E-state index in [1.54, 1.807) is 37.6 Å². The van der Waals surface area contributed by atoms with E-state index in [1.165, 1.54) is 4.90 Å². The van der Waals surface area contributed by atoms with Crippen LogP contribution in [0, 0.1) is 18.3 Å². The molecule has 4 heteroatoms. The molecule has 0 unspecified atom stereocenters. The summed E-state index contributed by atoms with van der Waals surface area (Å²) < 4.78 is 0. The summed E-state index contributed by atoms with van der Waals surface area (Å²) in [5.41, 5.74) is 2.66. The van der Waals surface area contributed by atoms with E-state index in [1.807, 2.05) is 31.2 Å². The Kier molecular flexibility index (Phi) is 3.78. The Balaban J connectivity index is 2.12. The molecule has 0 saturated carbocycles. The minimum absolute atomic E-state index is 0.158.